The second-order valence-electron chi connectivity index (χ2n) is 3.61. The molecule has 0 aliphatic heterocycles. The van der Waals surface area contributed by atoms with Crippen LogP contribution in [-0.4, -0.2) is 28.0 Å². The van der Waals surface area contributed by atoms with E-state index >= 15 is 0 Å². The number of terminal acetylenes is 1. The van der Waals surface area contributed by atoms with E-state index in [4.69, 9.17) is 10.8 Å². The molecule has 0 radical (unpaired) electrons. The van der Waals surface area contributed by atoms with E-state index in [-0.39, 0.29) is 5.69 Å². The van der Waals surface area contributed by atoms with E-state index in [0.29, 0.717) is 29.4 Å². The van der Waals surface area contributed by atoms with E-state index in [1.54, 1.807) is 17.8 Å². The first kappa shape index (κ1) is 13.2. The SMILES string of the molecule is C#CCSCCNc1nc2cc([N+](=O)[O-])ccc2o1. The van der Waals surface area contributed by atoms with Crippen molar-refractivity contribution in [1.29, 1.82) is 0 Å². The summed E-state index contributed by atoms with van der Waals surface area (Å²) in [6, 6.07) is 4.67. The van der Waals surface area contributed by atoms with Gasteiger partial charge in [-0.3, -0.25) is 10.1 Å². The highest BCUT2D eigenvalue weighted by Crippen LogP contribution is 2.23. The van der Waals surface area contributed by atoms with E-state index in [1.165, 1.54) is 12.1 Å². The van der Waals surface area contributed by atoms with Gasteiger partial charge in [0.1, 0.15) is 5.52 Å². The van der Waals surface area contributed by atoms with Gasteiger partial charge in [0.15, 0.2) is 5.58 Å². The number of non-ortho nitro benzene ring substituents is 1. The summed E-state index contributed by atoms with van der Waals surface area (Å²) in [6.45, 7) is 0.668. The maximum Gasteiger partial charge on any atom is 0.295 e. The lowest BCUT2D eigenvalue weighted by molar-refractivity contribution is -0.384. The van der Waals surface area contributed by atoms with Gasteiger partial charge in [-0.25, -0.2) is 0 Å². The van der Waals surface area contributed by atoms with Gasteiger partial charge in [0.25, 0.3) is 11.7 Å². The number of aromatic nitrogens is 1. The Hall–Kier alpha value is -2.20. The molecule has 0 aliphatic carbocycles. The number of nitrogens with one attached hydrogen (secondary N) is 1. The summed E-state index contributed by atoms with van der Waals surface area (Å²) in [5.74, 6) is 4.04. The molecule has 0 amide bonds. The van der Waals surface area contributed by atoms with Crippen LogP contribution in [0, 0.1) is 22.5 Å². The molecule has 1 aromatic heterocycles. The Bertz CT molecular complexity index is 633. The Kier molecular flexibility index (Phi) is 4.26. The highest BCUT2D eigenvalue weighted by atomic mass is 32.2. The summed E-state index contributed by atoms with van der Waals surface area (Å²) in [5.41, 5.74) is 0.981. The second-order valence-corrected chi connectivity index (χ2v) is 4.72. The monoisotopic (exact) mass is 277 g/mol. The highest BCUT2D eigenvalue weighted by molar-refractivity contribution is 7.99. The van der Waals surface area contributed by atoms with Gasteiger partial charge < -0.3 is 9.73 Å². The number of oxazole rings is 1. The molecule has 0 saturated heterocycles. The zero-order chi connectivity index (χ0) is 13.7. The van der Waals surface area contributed by atoms with Crippen molar-refractivity contribution in [2.75, 3.05) is 23.4 Å². The number of nitrogens with zero attached hydrogens (tertiary/aromatic N) is 2. The van der Waals surface area contributed by atoms with Crippen molar-refractivity contribution < 1.29 is 9.34 Å². The minimum Gasteiger partial charge on any atom is -0.424 e. The third-order valence-electron chi connectivity index (χ3n) is 2.29. The van der Waals surface area contributed by atoms with Crippen LogP contribution in [0.5, 0.6) is 0 Å². The normalized spacial score (nSPS) is 10.3. The summed E-state index contributed by atoms with van der Waals surface area (Å²) >= 11 is 1.63. The maximum absolute atomic E-state index is 10.6. The molecule has 2 rings (SSSR count). The van der Waals surface area contributed by atoms with Crippen molar-refractivity contribution in [3.05, 3.63) is 28.3 Å². The summed E-state index contributed by atoms with van der Waals surface area (Å²) < 4.78 is 5.41. The summed E-state index contributed by atoms with van der Waals surface area (Å²) in [6.07, 6.45) is 5.13. The first-order chi connectivity index (χ1) is 9.20. The minimum absolute atomic E-state index is 0.00285. The van der Waals surface area contributed by atoms with Gasteiger partial charge in [-0.15, -0.1) is 18.2 Å². The van der Waals surface area contributed by atoms with Crippen molar-refractivity contribution in [2.45, 2.75) is 0 Å². The second kappa shape index (κ2) is 6.11. The van der Waals surface area contributed by atoms with Gasteiger partial charge in [0, 0.05) is 24.4 Å². The predicted molar refractivity (Wildman–Crippen MR) is 75.3 cm³/mol. The van der Waals surface area contributed by atoms with E-state index < -0.39 is 4.92 Å². The first-order valence-corrected chi connectivity index (χ1v) is 6.66. The zero-order valence-corrected chi connectivity index (χ0v) is 10.8. The van der Waals surface area contributed by atoms with Crippen molar-refractivity contribution >= 4 is 34.6 Å². The third-order valence-corrected chi connectivity index (χ3v) is 3.15. The van der Waals surface area contributed by atoms with Gasteiger partial charge in [-0.2, -0.15) is 4.98 Å². The molecular formula is C12H11N3O3S. The lowest BCUT2D eigenvalue weighted by Gasteiger charge is -1.98. The van der Waals surface area contributed by atoms with Crippen LogP contribution in [0.4, 0.5) is 11.7 Å². The van der Waals surface area contributed by atoms with Crippen LogP contribution in [0.2, 0.25) is 0 Å². The van der Waals surface area contributed by atoms with E-state index in [1.807, 2.05) is 0 Å². The van der Waals surface area contributed by atoms with Crippen molar-refractivity contribution in [3.63, 3.8) is 0 Å². The molecule has 7 heteroatoms. The summed E-state index contributed by atoms with van der Waals surface area (Å²) in [7, 11) is 0. The number of rotatable bonds is 6. The first-order valence-electron chi connectivity index (χ1n) is 5.51. The molecule has 0 bridgehead atoms. The van der Waals surface area contributed by atoms with Gasteiger partial charge in [0.2, 0.25) is 0 Å². The van der Waals surface area contributed by atoms with Crippen LogP contribution >= 0.6 is 11.8 Å². The molecule has 1 N–H and O–H groups in total. The Morgan fingerprint density at radius 1 is 1.58 bits per heavy atom. The summed E-state index contributed by atoms with van der Waals surface area (Å²) in [4.78, 5) is 14.3. The summed E-state index contributed by atoms with van der Waals surface area (Å²) in [5, 5.41) is 13.6. The molecule has 0 atom stereocenters. The topological polar surface area (TPSA) is 81.2 Å². The predicted octanol–water partition coefficient (Wildman–Crippen LogP) is 2.51. The lowest BCUT2D eigenvalue weighted by Crippen LogP contribution is -2.04. The smallest absolute Gasteiger partial charge is 0.295 e. The number of hydrogen-bond acceptors (Lipinski definition) is 6. The van der Waals surface area contributed by atoms with Gasteiger partial charge in [-0.05, 0) is 6.07 Å². The number of thioether (sulfide) groups is 1. The average molecular weight is 277 g/mol. The van der Waals surface area contributed by atoms with Crippen LogP contribution < -0.4 is 5.32 Å². The molecule has 1 heterocycles. The van der Waals surface area contributed by atoms with E-state index in [2.05, 4.69) is 16.2 Å². The number of hydrogen-bond donors (Lipinski definition) is 1. The molecule has 2 aromatic rings. The maximum atomic E-state index is 10.6. The number of anilines is 1. The molecule has 6 nitrogen and oxygen atoms in total. The largest absolute Gasteiger partial charge is 0.424 e. The number of nitro benzene ring substituents is 1. The Morgan fingerprint density at radius 3 is 3.16 bits per heavy atom. The number of nitro groups is 1. The molecule has 1 aromatic carbocycles. The Balaban J connectivity index is 2.01. The quantitative estimate of drug-likeness (QED) is 0.378. The van der Waals surface area contributed by atoms with Crippen LogP contribution in [0.25, 0.3) is 11.1 Å². The fraction of sp³-hybridized carbons (Fsp3) is 0.250. The molecule has 0 aliphatic rings. The molecule has 0 unspecified atom stereocenters. The van der Waals surface area contributed by atoms with Crippen LogP contribution in [-0.2, 0) is 0 Å². The molecule has 98 valence electrons. The third kappa shape index (κ3) is 3.39. The minimum atomic E-state index is -0.461. The average Bonchev–Trinajstić information content (AvgIpc) is 2.80. The van der Waals surface area contributed by atoms with Crippen LogP contribution in [0.3, 0.4) is 0 Å². The Morgan fingerprint density at radius 2 is 2.42 bits per heavy atom. The van der Waals surface area contributed by atoms with E-state index in [0.717, 1.165) is 5.75 Å². The molecule has 0 spiro atoms. The van der Waals surface area contributed by atoms with Gasteiger partial charge >= 0.3 is 0 Å². The lowest BCUT2D eigenvalue weighted by atomic mass is 10.3. The van der Waals surface area contributed by atoms with Crippen molar-refractivity contribution in [3.8, 4) is 12.3 Å². The van der Waals surface area contributed by atoms with Crippen LogP contribution in [0.15, 0.2) is 22.6 Å². The molecule has 0 fully saturated rings. The van der Waals surface area contributed by atoms with E-state index in [9.17, 15) is 10.1 Å². The molecular weight excluding hydrogens is 266 g/mol. The highest BCUT2D eigenvalue weighted by Gasteiger charge is 2.11. The van der Waals surface area contributed by atoms with Crippen LogP contribution in [0.1, 0.15) is 0 Å². The van der Waals surface area contributed by atoms with Crippen molar-refractivity contribution in [1.82, 2.24) is 4.98 Å². The fourth-order valence-electron chi connectivity index (χ4n) is 1.47. The zero-order valence-electron chi connectivity index (χ0n) is 9.96. The number of fused-ring (bicyclic) bond motifs is 1. The fourth-order valence-corrected chi connectivity index (χ4v) is 1.97. The van der Waals surface area contributed by atoms with Gasteiger partial charge in [0.05, 0.1) is 10.7 Å². The van der Waals surface area contributed by atoms with Gasteiger partial charge in [-0.1, -0.05) is 5.92 Å². The number of benzene rings is 1. The standard InChI is InChI=1S/C12H11N3O3S/c1-2-6-19-7-5-13-12-14-10-8-9(15(16)17)3-4-11(10)18-12/h1,3-4,8H,5-7H2,(H,13,14). The van der Waals surface area contributed by atoms with Crippen molar-refractivity contribution in [2.24, 2.45) is 0 Å². The molecule has 19 heavy (non-hydrogen) atoms. The molecule has 0 saturated carbocycles. The Labute approximate surface area is 113 Å².